The van der Waals surface area contributed by atoms with Crippen molar-refractivity contribution in [3.63, 3.8) is 0 Å². The van der Waals surface area contributed by atoms with E-state index in [2.05, 4.69) is 18.4 Å². The van der Waals surface area contributed by atoms with Gasteiger partial charge in [-0.2, -0.15) is 0 Å². The highest BCUT2D eigenvalue weighted by atomic mass is 15.1. The van der Waals surface area contributed by atoms with Crippen LogP contribution in [0.15, 0.2) is 0 Å². The van der Waals surface area contributed by atoms with Crippen LogP contribution in [0.1, 0.15) is 56.2 Å². The second-order valence-electron chi connectivity index (χ2n) is 5.41. The summed E-state index contributed by atoms with van der Waals surface area (Å²) in [4.78, 5) is 4.87. The number of aryl methyl sites for hydroxylation is 1. The molecule has 0 saturated carbocycles. The molecule has 3 rings (SSSR count). The fourth-order valence-corrected chi connectivity index (χ4v) is 3.30. The highest BCUT2D eigenvalue weighted by molar-refractivity contribution is 5.25. The Morgan fingerprint density at radius 2 is 2.13 bits per heavy atom. The van der Waals surface area contributed by atoms with Crippen molar-refractivity contribution in [2.75, 3.05) is 0 Å². The van der Waals surface area contributed by atoms with Crippen LogP contribution in [0.2, 0.25) is 0 Å². The molecule has 2 atom stereocenters. The molecule has 0 aromatic carbocycles. The first-order valence-electron chi connectivity index (χ1n) is 6.34. The lowest BCUT2D eigenvalue weighted by atomic mass is 9.84. The van der Waals surface area contributed by atoms with Gasteiger partial charge in [0.05, 0.1) is 5.69 Å². The highest BCUT2D eigenvalue weighted by Gasteiger charge is 2.28. The normalized spacial score (nSPS) is 29.7. The third-order valence-corrected chi connectivity index (χ3v) is 3.98. The van der Waals surface area contributed by atoms with Crippen LogP contribution in [-0.4, -0.2) is 9.55 Å². The van der Waals surface area contributed by atoms with Crippen LogP contribution in [-0.2, 0) is 19.4 Å². The summed E-state index contributed by atoms with van der Waals surface area (Å²) < 4.78 is 2.52. The summed E-state index contributed by atoms with van der Waals surface area (Å²) in [6, 6.07) is 0. The maximum absolute atomic E-state index is 4.87. The minimum atomic E-state index is 0.682. The number of aromatic nitrogens is 2. The van der Waals surface area contributed by atoms with Gasteiger partial charge < -0.3 is 4.57 Å². The SMILES string of the molecule is CC1Cc2c(nc3n2CCCC3)C(C)C1. The zero-order chi connectivity index (χ0) is 10.4. The Balaban J connectivity index is 2.08. The minimum Gasteiger partial charge on any atom is -0.332 e. The molecule has 2 heterocycles. The van der Waals surface area contributed by atoms with E-state index in [0.717, 1.165) is 5.92 Å². The summed E-state index contributed by atoms with van der Waals surface area (Å²) in [5.74, 6) is 2.89. The summed E-state index contributed by atoms with van der Waals surface area (Å²) in [6.07, 6.45) is 6.46. The van der Waals surface area contributed by atoms with Gasteiger partial charge in [-0.3, -0.25) is 0 Å². The third kappa shape index (κ3) is 1.42. The summed E-state index contributed by atoms with van der Waals surface area (Å²) in [5, 5.41) is 0. The van der Waals surface area contributed by atoms with Crippen LogP contribution in [0.4, 0.5) is 0 Å². The number of nitrogens with zero attached hydrogens (tertiary/aromatic N) is 2. The molecule has 2 heteroatoms. The molecular formula is C13H20N2. The second kappa shape index (κ2) is 3.36. The maximum Gasteiger partial charge on any atom is 0.109 e. The van der Waals surface area contributed by atoms with Gasteiger partial charge in [-0.15, -0.1) is 0 Å². The van der Waals surface area contributed by atoms with E-state index in [1.165, 1.54) is 50.2 Å². The molecule has 1 aliphatic carbocycles. The van der Waals surface area contributed by atoms with Gasteiger partial charge in [0.1, 0.15) is 5.82 Å². The van der Waals surface area contributed by atoms with Gasteiger partial charge in [-0.25, -0.2) is 4.98 Å². The van der Waals surface area contributed by atoms with Crippen molar-refractivity contribution in [3.05, 3.63) is 17.2 Å². The van der Waals surface area contributed by atoms with E-state index in [1.807, 2.05) is 0 Å². The first kappa shape index (κ1) is 9.44. The molecule has 82 valence electrons. The van der Waals surface area contributed by atoms with Crippen molar-refractivity contribution >= 4 is 0 Å². The Morgan fingerprint density at radius 1 is 1.27 bits per heavy atom. The van der Waals surface area contributed by atoms with Gasteiger partial charge in [-0.05, 0) is 31.6 Å². The fourth-order valence-electron chi connectivity index (χ4n) is 3.30. The standard InChI is InChI=1S/C13H20N2/c1-9-7-10(2)13-11(8-9)15-6-4-3-5-12(15)14-13/h9-10H,3-8H2,1-2H3. The van der Waals surface area contributed by atoms with E-state index in [0.29, 0.717) is 5.92 Å². The Bertz CT molecular complexity index is 378. The van der Waals surface area contributed by atoms with Crippen LogP contribution in [0.25, 0.3) is 0 Å². The summed E-state index contributed by atoms with van der Waals surface area (Å²) in [6.45, 7) is 5.94. The first-order chi connectivity index (χ1) is 7.25. The molecule has 1 aromatic rings. The molecule has 0 bridgehead atoms. The van der Waals surface area contributed by atoms with Gasteiger partial charge in [0.25, 0.3) is 0 Å². The van der Waals surface area contributed by atoms with Gasteiger partial charge in [0.15, 0.2) is 0 Å². The summed E-state index contributed by atoms with van der Waals surface area (Å²) in [5.41, 5.74) is 2.99. The lowest BCUT2D eigenvalue weighted by Gasteiger charge is -2.25. The highest BCUT2D eigenvalue weighted by Crippen LogP contribution is 2.35. The topological polar surface area (TPSA) is 17.8 Å². The zero-order valence-corrected chi connectivity index (χ0v) is 9.79. The summed E-state index contributed by atoms with van der Waals surface area (Å²) >= 11 is 0. The van der Waals surface area contributed by atoms with Crippen LogP contribution in [0, 0.1) is 5.92 Å². The number of rotatable bonds is 0. The quantitative estimate of drug-likeness (QED) is 0.635. The number of hydrogen-bond acceptors (Lipinski definition) is 1. The van der Waals surface area contributed by atoms with E-state index in [1.54, 1.807) is 5.69 Å². The number of hydrogen-bond donors (Lipinski definition) is 0. The Hall–Kier alpha value is -0.790. The molecule has 0 saturated heterocycles. The van der Waals surface area contributed by atoms with Crippen molar-refractivity contribution < 1.29 is 0 Å². The van der Waals surface area contributed by atoms with Crippen LogP contribution in [0.3, 0.4) is 0 Å². The van der Waals surface area contributed by atoms with E-state index in [4.69, 9.17) is 4.98 Å². The molecule has 0 spiro atoms. The fraction of sp³-hybridized carbons (Fsp3) is 0.769. The molecule has 2 unspecified atom stereocenters. The zero-order valence-electron chi connectivity index (χ0n) is 9.79. The molecular weight excluding hydrogens is 184 g/mol. The number of imidazole rings is 1. The predicted octanol–water partition coefficient (Wildman–Crippen LogP) is 2.91. The van der Waals surface area contributed by atoms with E-state index < -0.39 is 0 Å². The molecule has 2 aliphatic rings. The third-order valence-electron chi connectivity index (χ3n) is 3.98. The van der Waals surface area contributed by atoms with E-state index in [9.17, 15) is 0 Å². The minimum absolute atomic E-state index is 0.682. The average molecular weight is 204 g/mol. The predicted molar refractivity (Wildman–Crippen MR) is 61.1 cm³/mol. The maximum atomic E-state index is 4.87. The molecule has 15 heavy (non-hydrogen) atoms. The number of fused-ring (bicyclic) bond motifs is 3. The Labute approximate surface area is 91.7 Å². The largest absolute Gasteiger partial charge is 0.332 e. The Morgan fingerprint density at radius 3 is 3.00 bits per heavy atom. The smallest absolute Gasteiger partial charge is 0.109 e. The van der Waals surface area contributed by atoms with Gasteiger partial charge in [-0.1, -0.05) is 13.8 Å². The summed E-state index contributed by atoms with van der Waals surface area (Å²) in [7, 11) is 0. The van der Waals surface area contributed by atoms with Crippen LogP contribution in [0.5, 0.6) is 0 Å². The van der Waals surface area contributed by atoms with Gasteiger partial charge >= 0.3 is 0 Å². The van der Waals surface area contributed by atoms with E-state index >= 15 is 0 Å². The van der Waals surface area contributed by atoms with E-state index in [-0.39, 0.29) is 0 Å². The second-order valence-corrected chi connectivity index (χ2v) is 5.41. The van der Waals surface area contributed by atoms with Crippen LogP contribution < -0.4 is 0 Å². The van der Waals surface area contributed by atoms with Crippen LogP contribution >= 0.6 is 0 Å². The molecule has 2 nitrogen and oxygen atoms in total. The van der Waals surface area contributed by atoms with Crippen molar-refractivity contribution in [2.45, 2.75) is 58.4 Å². The lowest BCUT2D eigenvalue weighted by Crippen LogP contribution is -2.19. The molecule has 0 N–H and O–H groups in total. The molecule has 0 radical (unpaired) electrons. The van der Waals surface area contributed by atoms with Crippen molar-refractivity contribution in [3.8, 4) is 0 Å². The first-order valence-corrected chi connectivity index (χ1v) is 6.34. The van der Waals surface area contributed by atoms with Crippen molar-refractivity contribution in [1.82, 2.24) is 9.55 Å². The average Bonchev–Trinajstić information content (AvgIpc) is 2.57. The van der Waals surface area contributed by atoms with Crippen molar-refractivity contribution in [1.29, 1.82) is 0 Å². The molecule has 0 amide bonds. The monoisotopic (exact) mass is 204 g/mol. The van der Waals surface area contributed by atoms with Gasteiger partial charge in [0, 0.05) is 24.6 Å². The molecule has 1 aliphatic heterocycles. The van der Waals surface area contributed by atoms with Crippen molar-refractivity contribution in [2.24, 2.45) is 5.92 Å². The lowest BCUT2D eigenvalue weighted by molar-refractivity contribution is 0.421. The molecule has 0 fully saturated rings. The molecule has 1 aromatic heterocycles. The van der Waals surface area contributed by atoms with Gasteiger partial charge in [0.2, 0.25) is 0 Å². The Kier molecular flexibility index (Phi) is 2.11.